The molecule has 6 nitrogen and oxygen atoms in total. The van der Waals surface area contributed by atoms with Crippen LogP contribution in [0.5, 0.6) is 0 Å². The molecule has 2 aromatic carbocycles. The van der Waals surface area contributed by atoms with Crippen LogP contribution < -0.4 is 0 Å². The number of benzene rings is 2. The van der Waals surface area contributed by atoms with Crippen molar-refractivity contribution >= 4 is 11.7 Å². The van der Waals surface area contributed by atoms with Gasteiger partial charge in [0.25, 0.3) is 5.69 Å². The van der Waals surface area contributed by atoms with E-state index in [1.165, 1.54) is 19.1 Å². The first-order valence-electron chi connectivity index (χ1n) is 7.13. The molecule has 120 valence electrons. The lowest BCUT2D eigenvalue weighted by Gasteiger charge is -2.15. The van der Waals surface area contributed by atoms with E-state index in [4.69, 9.17) is 5.11 Å². The Balaban J connectivity index is 2.10. The molecule has 0 aliphatic heterocycles. The molecule has 0 bridgehead atoms. The number of hydrogen-bond donors (Lipinski definition) is 2. The zero-order chi connectivity index (χ0) is 17.0. The van der Waals surface area contributed by atoms with Crippen molar-refractivity contribution in [2.24, 2.45) is 5.92 Å². The number of rotatable bonds is 6. The summed E-state index contributed by atoms with van der Waals surface area (Å²) in [6, 6.07) is 13.6. The summed E-state index contributed by atoms with van der Waals surface area (Å²) in [7, 11) is 0. The maximum absolute atomic E-state index is 10.8. The topological polar surface area (TPSA) is 101 Å². The molecule has 0 saturated heterocycles. The highest BCUT2D eigenvalue weighted by atomic mass is 16.6. The van der Waals surface area contributed by atoms with E-state index in [0.717, 1.165) is 16.7 Å². The van der Waals surface area contributed by atoms with E-state index in [9.17, 15) is 20.0 Å². The standard InChI is InChI=1S/C17H17NO5/c1-11(17(20)21)16(19)10-12-2-4-13(5-3-12)14-6-8-15(9-7-14)18(22)23/h2-9,11,16,19H,10H2,1H3,(H,20,21). The Kier molecular flexibility index (Phi) is 5.08. The van der Waals surface area contributed by atoms with Crippen LogP contribution >= 0.6 is 0 Å². The third-order valence-corrected chi connectivity index (χ3v) is 3.78. The first-order chi connectivity index (χ1) is 10.9. The molecule has 2 N–H and O–H groups in total. The molecule has 0 spiro atoms. The average molecular weight is 315 g/mol. The predicted molar refractivity (Wildman–Crippen MR) is 85.0 cm³/mol. The van der Waals surface area contributed by atoms with E-state index < -0.39 is 22.9 Å². The van der Waals surface area contributed by atoms with Crippen LogP contribution in [0, 0.1) is 16.0 Å². The maximum atomic E-state index is 10.8. The van der Waals surface area contributed by atoms with Gasteiger partial charge in [0.05, 0.1) is 16.9 Å². The molecule has 2 aromatic rings. The molecular weight excluding hydrogens is 298 g/mol. The van der Waals surface area contributed by atoms with E-state index in [2.05, 4.69) is 0 Å². The third-order valence-electron chi connectivity index (χ3n) is 3.78. The van der Waals surface area contributed by atoms with Gasteiger partial charge in [0.15, 0.2) is 0 Å². The Hall–Kier alpha value is -2.73. The Labute approximate surface area is 133 Å². The summed E-state index contributed by atoms with van der Waals surface area (Å²) in [5.41, 5.74) is 2.61. The molecule has 23 heavy (non-hydrogen) atoms. The smallest absolute Gasteiger partial charge is 0.308 e. The summed E-state index contributed by atoms with van der Waals surface area (Å²) in [6.07, 6.45) is -0.689. The lowest BCUT2D eigenvalue weighted by atomic mass is 9.96. The van der Waals surface area contributed by atoms with Crippen LogP contribution in [-0.2, 0) is 11.2 Å². The highest BCUT2D eigenvalue weighted by Gasteiger charge is 2.21. The summed E-state index contributed by atoms with van der Waals surface area (Å²) >= 11 is 0. The van der Waals surface area contributed by atoms with Crippen LogP contribution in [0.2, 0.25) is 0 Å². The van der Waals surface area contributed by atoms with Gasteiger partial charge in [-0.2, -0.15) is 0 Å². The van der Waals surface area contributed by atoms with Gasteiger partial charge in [-0.25, -0.2) is 0 Å². The third kappa shape index (κ3) is 4.14. The van der Waals surface area contributed by atoms with Crippen LogP contribution in [0.3, 0.4) is 0 Å². The molecule has 0 fully saturated rings. The summed E-state index contributed by atoms with van der Waals surface area (Å²) < 4.78 is 0. The van der Waals surface area contributed by atoms with Crippen molar-refractivity contribution in [3.8, 4) is 11.1 Å². The number of carboxylic acids is 1. The number of aliphatic hydroxyl groups excluding tert-OH is 1. The van der Waals surface area contributed by atoms with Crippen molar-refractivity contribution in [2.75, 3.05) is 0 Å². The summed E-state index contributed by atoms with van der Waals surface area (Å²) in [5.74, 6) is -1.86. The SMILES string of the molecule is CC(C(=O)O)C(O)Cc1ccc(-c2ccc([N+](=O)[O-])cc2)cc1. The Morgan fingerprint density at radius 3 is 2.00 bits per heavy atom. The van der Waals surface area contributed by atoms with E-state index in [1.54, 1.807) is 12.1 Å². The van der Waals surface area contributed by atoms with Crippen LogP contribution in [0.4, 0.5) is 5.69 Å². The number of aliphatic carboxylic acids is 1. The van der Waals surface area contributed by atoms with E-state index >= 15 is 0 Å². The molecule has 0 aliphatic rings. The van der Waals surface area contributed by atoms with Gasteiger partial charge >= 0.3 is 5.97 Å². The van der Waals surface area contributed by atoms with E-state index in [-0.39, 0.29) is 12.1 Å². The second-order valence-corrected chi connectivity index (χ2v) is 5.40. The van der Waals surface area contributed by atoms with Crippen LogP contribution in [0.1, 0.15) is 12.5 Å². The Morgan fingerprint density at radius 2 is 1.57 bits per heavy atom. The number of nitro groups is 1. The van der Waals surface area contributed by atoms with Gasteiger partial charge in [-0.3, -0.25) is 14.9 Å². The Morgan fingerprint density at radius 1 is 1.09 bits per heavy atom. The molecule has 2 rings (SSSR count). The number of hydrogen-bond acceptors (Lipinski definition) is 4. The lowest BCUT2D eigenvalue weighted by molar-refractivity contribution is -0.384. The Bertz CT molecular complexity index is 694. The maximum Gasteiger partial charge on any atom is 0.308 e. The molecule has 0 amide bonds. The zero-order valence-electron chi connectivity index (χ0n) is 12.5. The van der Waals surface area contributed by atoms with E-state index in [1.807, 2.05) is 24.3 Å². The van der Waals surface area contributed by atoms with Crippen molar-refractivity contribution in [1.29, 1.82) is 0 Å². The van der Waals surface area contributed by atoms with Crippen LogP contribution in [-0.4, -0.2) is 27.2 Å². The highest BCUT2D eigenvalue weighted by molar-refractivity contribution is 5.70. The van der Waals surface area contributed by atoms with Gasteiger partial charge in [0.1, 0.15) is 0 Å². The summed E-state index contributed by atoms with van der Waals surface area (Å²) in [6.45, 7) is 1.47. The molecular formula is C17H17NO5. The number of aliphatic hydroxyl groups is 1. The molecule has 0 saturated carbocycles. The first kappa shape index (κ1) is 16.6. The van der Waals surface area contributed by atoms with Gasteiger partial charge in [-0.05, 0) is 42.2 Å². The minimum Gasteiger partial charge on any atom is -0.481 e. The fraction of sp³-hybridized carbons (Fsp3) is 0.235. The average Bonchev–Trinajstić information content (AvgIpc) is 2.54. The minimum absolute atomic E-state index is 0.0381. The molecule has 6 heteroatoms. The quantitative estimate of drug-likeness (QED) is 0.630. The molecule has 0 radical (unpaired) electrons. The highest BCUT2D eigenvalue weighted by Crippen LogP contribution is 2.23. The van der Waals surface area contributed by atoms with Crippen LogP contribution in [0.25, 0.3) is 11.1 Å². The summed E-state index contributed by atoms with van der Waals surface area (Å²) in [5, 5.41) is 29.4. The number of carbonyl (C=O) groups is 1. The molecule has 2 unspecified atom stereocenters. The first-order valence-corrected chi connectivity index (χ1v) is 7.13. The number of nitro benzene ring substituents is 1. The van der Waals surface area contributed by atoms with Gasteiger partial charge in [-0.15, -0.1) is 0 Å². The van der Waals surface area contributed by atoms with Gasteiger partial charge in [-0.1, -0.05) is 24.3 Å². The number of carboxylic acid groups (broad SMARTS) is 1. The minimum atomic E-state index is -1.03. The normalized spacial score (nSPS) is 13.3. The van der Waals surface area contributed by atoms with Gasteiger partial charge < -0.3 is 10.2 Å². The predicted octanol–water partition coefficient (Wildman–Crippen LogP) is 2.89. The molecule has 2 atom stereocenters. The van der Waals surface area contributed by atoms with Crippen molar-refractivity contribution < 1.29 is 19.9 Å². The van der Waals surface area contributed by atoms with Crippen molar-refractivity contribution in [3.05, 3.63) is 64.2 Å². The van der Waals surface area contributed by atoms with E-state index in [0.29, 0.717) is 0 Å². The van der Waals surface area contributed by atoms with Crippen LogP contribution in [0.15, 0.2) is 48.5 Å². The molecule has 0 aromatic heterocycles. The largest absolute Gasteiger partial charge is 0.481 e. The van der Waals surface area contributed by atoms with Gasteiger partial charge in [0, 0.05) is 12.1 Å². The van der Waals surface area contributed by atoms with Gasteiger partial charge in [0.2, 0.25) is 0 Å². The monoisotopic (exact) mass is 315 g/mol. The molecule has 0 aliphatic carbocycles. The second-order valence-electron chi connectivity index (χ2n) is 5.40. The number of nitrogens with zero attached hydrogens (tertiary/aromatic N) is 1. The summed E-state index contributed by atoms with van der Waals surface area (Å²) in [4.78, 5) is 21.0. The fourth-order valence-corrected chi connectivity index (χ4v) is 2.19. The fourth-order valence-electron chi connectivity index (χ4n) is 2.19. The van der Waals surface area contributed by atoms with Crippen molar-refractivity contribution in [3.63, 3.8) is 0 Å². The number of non-ortho nitro benzene ring substituents is 1. The zero-order valence-corrected chi connectivity index (χ0v) is 12.5. The second kappa shape index (κ2) is 7.02. The molecule has 0 heterocycles. The van der Waals surface area contributed by atoms with Crippen molar-refractivity contribution in [1.82, 2.24) is 0 Å². The lowest BCUT2D eigenvalue weighted by Crippen LogP contribution is -2.27. The van der Waals surface area contributed by atoms with Crippen molar-refractivity contribution in [2.45, 2.75) is 19.4 Å².